The Morgan fingerprint density at radius 2 is 2.14 bits per heavy atom. The summed E-state index contributed by atoms with van der Waals surface area (Å²) in [5.41, 5.74) is 0.209. The average Bonchev–Trinajstić information content (AvgIpc) is 2.91. The molecule has 1 aromatic carbocycles. The molecule has 0 fully saturated rings. The molecule has 1 heterocycles. The van der Waals surface area contributed by atoms with E-state index in [1.165, 1.54) is 12.1 Å². The molecule has 0 unspecified atom stereocenters. The molecule has 1 aliphatic rings. The van der Waals surface area contributed by atoms with Gasteiger partial charge in [0.1, 0.15) is 0 Å². The van der Waals surface area contributed by atoms with Gasteiger partial charge in [-0.3, -0.25) is 4.79 Å². The highest BCUT2D eigenvalue weighted by molar-refractivity contribution is 6.32. The number of ether oxygens (including phenoxy) is 3. The Balaban J connectivity index is 1.92. The minimum Gasteiger partial charge on any atom is -0.454 e. The predicted molar refractivity (Wildman–Crippen MR) is 75.7 cm³/mol. The maximum absolute atomic E-state index is 11.9. The third-order valence-electron chi connectivity index (χ3n) is 2.70. The molecule has 0 saturated carbocycles. The quantitative estimate of drug-likeness (QED) is 0.842. The molecule has 1 aliphatic heterocycles. The van der Waals surface area contributed by atoms with Crippen LogP contribution in [0.3, 0.4) is 0 Å². The third kappa shape index (κ3) is 4.01. The average molecular weight is 314 g/mol. The molecule has 0 aliphatic carbocycles. The van der Waals surface area contributed by atoms with Gasteiger partial charge in [-0.1, -0.05) is 25.4 Å². The van der Waals surface area contributed by atoms with E-state index in [9.17, 15) is 9.59 Å². The summed E-state index contributed by atoms with van der Waals surface area (Å²) in [6, 6.07) is 2.89. The Hall–Kier alpha value is -1.95. The van der Waals surface area contributed by atoms with E-state index in [0.29, 0.717) is 24.0 Å². The summed E-state index contributed by atoms with van der Waals surface area (Å²) in [6.45, 7) is 4.21. The van der Waals surface area contributed by atoms with Gasteiger partial charge in [-0.05, 0) is 18.1 Å². The highest BCUT2D eigenvalue weighted by atomic mass is 35.5. The van der Waals surface area contributed by atoms with Crippen LogP contribution in [0.2, 0.25) is 5.02 Å². The van der Waals surface area contributed by atoms with Crippen LogP contribution in [0.4, 0.5) is 0 Å². The topological polar surface area (TPSA) is 73.9 Å². The fourth-order valence-corrected chi connectivity index (χ4v) is 1.93. The molecule has 0 saturated heterocycles. The molecular formula is C14H16ClNO5. The van der Waals surface area contributed by atoms with E-state index in [0.717, 1.165) is 0 Å². The zero-order valence-electron chi connectivity index (χ0n) is 11.8. The van der Waals surface area contributed by atoms with Gasteiger partial charge in [-0.2, -0.15) is 0 Å². The van der Waals surface area contributed by atoms with Crippen molar-refractivity contribution in [1.29, 1.82) is 0 Å². The highest BCUT2D eigenvalue weighted by Gasteiger charge is 2.21. The van der Waals surface area contributed by atoms with E-state index >= 15 is 0 Å². The number of halogens is 1. The van der Waals surface area contributed by atoms with Crippen LogP contribution < -0.4 is 14.8 Å². The Morgan fingerprint density at radius 1 is 1.38 bits per heavy atom. The first kappa shape index (κ1) is 15.4. The zero-order valence-corrected chi connectivity index (χ0v) is 12.5. The molecule has 6 nitrogen and oxygen atoms in total. The SMILES string of the molecule is CC(C)CNC(=O)COC(=O)c1cc(Cl)c2c(c1)OCO2. The van der Waals surface area contributed by atoms with Crippen LogP contribution in [0, 0.1) is 5.92 Å². The fraction of sp³-hybridized carbons (Fsp3) is 0.429. The molecule has 1 aromatic rings. The first-order valence-electron chi connectivity index (χ1n) is 6.50. The second kappa shape index (κ2) is 6.67. The maximum atomic E-state index is 11.9. The van der Waals surface area contributed by atoms with Gasteiger partial charge in [0.15, 0.2) is 18.1 Å². The van der Waals surface area contributed by atoms with E-state index in [1.54, 1.807) is 0 Å². The minimum absolute atomic E-state index is 0.0607. The number of amides is 1. The van der Waals surface area contributed by atoms with Gasteiger partial charge < -0.3 is 19.5 Å². The van der Waals surface area contributed by atoms with E-state index in [1.807, 2.05) is 13.8 Å². The van der Waals surface area contributed by atoms with Crippen LogP contribution in [-0.2, 0) is 9.53 Å². The van der Waals surface area contributed by atoms with Gasteiger partial charge in [0.25, 0.3) is 5.91 Å². The lowest BCUT2D eigenvalue weighted by Crippen LogP contribution is -2.31. The first-order valence-corrected chi connectivity index (χ1v) is 6.88. The standard InChI is InChI=1S/C14H16ClNO5/c1-8(2)5-16-12(17)6-19-14(18)9-3-10(15)13-11(4-9)20-7-21-13/h3-4,8H,5-7H2,1-2H3,(H,16,17). The Kier molecular flexibility index (Phi) is 4.90. The van der Waals surface area contributed by atoms with Crippen molar-refractivity contribution >= 4 is 23.5 Å². The largest absolute Gasteiger partial charge is 0.454 e. The highest BCUT2D eigenvalue weighted by Crippen LogP contribution is 2.39. The molecule has 1 N–H and O–H groups in total. The lowest BCUT2D eigenvalue weighted by molar-refractivity contribution is -0.124. The number of nitrogens with one attached hydrogen (secondary N) is 1. The predicted octanol–water partition coefficient (Wildman–Crippen LogP) is 2.00. The molecule has 0 atom stereocenters. The number of hydrogen-bond acceptors (Lipinski definition) is 5. The van der Waals surface area contributed by atoms with Crippen molar-refractivity contribution in [2.24, 2.45) is 5.92 Å². The lowest BCUT2D eigenvalue weighted by atomic mass is 10.2. The number of esters is 1. The molecular weight excluding hydrogens is 298 g/mol. The number of benzene rings is 1. The summed E-state index contributed by atoms with van der Waals surface area (Å²) in [7, 11) is 0. The van der Waals surface area contributed by atoms with Crippen molar-refractivity contribution in [3.05, 3.63) is 22.7 Å². The van der Waals surface area contributed by atoms with Gasteiger partial charge in [0, 0.05) is 6.54 Å². The van der Waals surface area contributed by atoms with Crippen LogP contribution in [0.1, 0.15) is 24.2 Å². The van der Waals surface area contributed by atoms with E-state index < -0.39 is 5.97 Å². The first-order chi connectivity index (χ1) is 9.97. The van der Waals surface area contributed by atoms with Crippen LogP contribution in [0.5, 0.6) is 11.5 Å². The number of carbonyl (C=O) groups excluding carboxylic acids is 2. The molecule has 0 bridgehead atoms. The monoisotopic (exact) mass is 313 g/mol. The van der Waals surface area contributed by atoms with Crippen molar-refractivity contribution in [2.45, 2.75) is 13.8 Å². The summed E-state index contributed by atoms with van der Waals surface area (Å²) >= 11 is 5.97. The molecule has 21 heavy (non-hydrogen) atoms. The molecule has 0 radical (unpaired) electrons. The summed E-state index contributed by atoms with van der Waals surface area (Å²) in [5.74, 6) is 0.137. The molecule has 1 amide bonds. The van der Waals surface area contributed by atoms with Crippen LogP contribution >= 0.6 is 11.6 Å². The number of rotatable bonds is 5. The summed E-state index contributed by atoms with van der Waals surface area (Å²) in [5, 5.41) is 2.92. The van der Waals surface area contributed by atoms with Gasteiger partial charge in [0.05, 0.1) is 10.6 Å². The van der Waals surface area contributed by atoms with E-state index in [2.05, 4.69) is 5.32 Å². The van der Waals surface area contributed by atoms with Crippen molar-refractivity contribution < 1.29 is 23.8 Å². The second-order valence-electron chi connectivity index (χ2n) is 4.97. The zero-order chi connectivity index (χ0) is 15.4. The number of carbonyl (C=O) groups is 2. The maximum Gasteiger partial charge on any atom is 0.338 e. The van der Waals surface area contributed by atoms with Gasteiger partial charge in [-0.15, -0.1) is 0 Å². The Labute approximate surface area is 127 Å². The lowest BCUT2D eigenvalue weighted by Gasteiger charge is -2.09. The van der Waals surface area contributed by atoms with Crippen molar-refractivity contribution in [3.63, 3.8) is 0 Å². The Morgan fingerprint density at radius 3 is 2.86 bits per heavy atom. The van der Waals surface area contributed by atoms with E-state index in [-0.39, 0.29) is 29.9 Å². The minimum atomic E-state index is -0.644. The fourth-order valence-electron chi connectivity index (χ4n) is 1.67. The number of hydrogen-bond donors (Lipinski definition) is 1. The second-order valence-corrected chi connectivity index (χ2v) is 5.37. The van der Waals surface area contributed by atoms with Crippen molar-refractivity contribution in [1.82, 2.24) is 5.32 Å². The van der Waals surface area contributed by atoms with E-state index in [4.69, 9.17) is 25.8 Å². The molecule has 2 rings (SSSR count). The van der Waals surface area contributed by atoms with Gasteiger partial charge in [0.2, 0.25) is 6.79 Å². The van der Waals surface area contributed by atoms with Crippen molar-refractivity contribution in [2.75, 3.05) is 19.9 Å². The number of fused-ring (bicyclic) bond motifs is 1. The smallest absolute Gasteiger partial charge is 0.338 e. The molecule has 0 aromatic heterocycles. The van der Waals surface area contributed by atoms with Crippen LogP contribution in [0.25, 0.3) is 0 Å². The molecule has 7 heteroatoms. The normalized spacial score (nSPS) is 12.4. The van der Waals surface area contributed by atoms with Crippen LogP contribution in [-0.4, -0.2) is 31.8 Å². The third-order valence-corrected chi connectivity index (χ3v) is 2.99. The summed E-state index contributed by atoms with van der Waals surface area (Å²) in [4.78, 5) is 23.4. The van der Waals surface area contributed by atoms with Crippen LogP contribution in [0.15, 0.2) is 12.1 Å². The molecule has 0 spiro atoms. The summed E-state index contributed by atoms with van der Waals surface area (Å²) < 4.78 is 15.2. The van der Waals surface area contributed by atoms with Crippen molar-refractivity contribution in [3.8, 4) is 11.5 Å². The van der Waals surface area contributed by atoms with Gasteiger partial charge in [-0.25, -0.2) is 4.79 Å². The Bertz CT molecular complexity index is 559. The van der Waals surface area contributed by atoms with Gasteiger partial charge >= 0.3 is 5.97 Å². The summed E-state index contributed by atoms with van der Waals surface area (Å²) in [6.07, 6.45) is 0. The molecule has 114 valence electrons.